The van der Waals surface area contributed by atoms with Crippen molar-refractivity contribution in [2.75, 3.05) is 23.4 Å². The SMILES string of the molecule is CCCC[C@H](NC(=O)OC(C)(C)C)C(=O)N(C)c1ccc2c(c1)N(Cc1cn(C(c3ccccc3)(c3ccccc3)c3ccccc3)cn1)CC2. The molecule has 5 aromatic rings. The fourth-order valence-corrected chi connectivity index (χ4v) is 7.09. The molecule has 264 valence electrons. The van der Waals surface area contributed by atoms with Crippen LogP contribution in [0, 0.1) is 0 Å². The van der Waals surface area contributed by atoms with Crippen LogP contribution in [0.25, 0.3) is 0 Å². The summed E-state index contributed by atoms with van der Waals surface area (Å²) in [5.74, 6) is -0.170. The number of carbonyl (C=O) groups is 2. The van der Waals surface area contributed by atoms with Gasteiger partial charge >= 0.3 is 6.09 Å². The molecular weight excluding hydrogens is 635 g/mol. The maximum Gasteiger partial charge on any atom is 0.408 e. The highest BCUT2D eigenvalue weighted by Crippen LogP contribution is 2.41. The van der Waals surface area contributed by atoms with Crippen LogP contribution in [-0.2, 0) is 28.0 Å². The van der Waals surface area contributed by atoms with Crippen LogP contribution >= 0.6 is 0 Å². The van der Waals surface area contributed by atoms with E-state index in [4.69, 9.17) is 9.72 Å². The molecule has 0 spiro atoms. The van der Waals surface area contributed by atoms with E-state index < -0.39 is 23.3 Å². The average molecular weight is 684 g/mol. The van der Waals surface area contributed by atoms with Gasteiger partial charge < -0.3 is 24.4 Å². The van der Waals surface area contributed by atoms with Crippen molar-refractivity contribution in [3.05, 3.63) is 150 Å². The van der Waals surface area contributed by atoms with Crippen molar-refractivity contribution in [3.8, 4) is 0 Å². The number of anilines is 2. The third-order valence-corrected chi connectivity index (χ3v) is 9.56. The van der Waals surface area contributed by atoms with E-state index in [1.54, 1.807) is 11.9 Å². The van der Waals surface area contributed by atoms with Crippen molar-refractivity contribution < 1.29 is 14.3 Å². The average Bonchev–Trinajstić information content (AvgIpc) is 3.77. The largest absolute Gasteiger partial charge is 0.444 e. The molecule has 0 radical (unpaired) electrons. The number of unbranched alkanes of at least 4 members (excludes halogenated alkanes) is 1. The van der Waals surface area contributed by atoms with E-state index in [1.807, 2.05) is 33.2 Å². The number of rotatable bonds is 12. The Labute approximate surface area is 302 Å². The predicted octanol–water partition coefficient (Wildman–Crippen LogP) is 8.33. The monoisotopic (exact) mass is 683 g/mol. The molecule has 8 heteroatoms. The number of hydrogen-bond acceptors (Lipinski definition) is 5. The van der Waals surface area contributed by atoms with Gasteiger partial charge in [-0.2, -0.15) is 0 Å². The molecule has 1 N–H and O–H groups in total. The quantitative estimate of drug-likeness (QED) is 0.134. The number of carbonyl (C=O) groups excluding carboxylic acids is 2. The number of aromatic nitrogens is 2. The van der Waals surface area contributed by atoms with Crippen molar-refractivity contribution in [2.24, 2.45) is 0 Å². The normalized spacial score (nSPS) is 13.4. The summed E-state index contributed by atoms with van der Waals surface area (Å²) in [7, 11) is 1.77. The highest BCUT2D eigenvalue weighted by atomic mass is 16.6. The molecule has 1 atom stereocenters. The fourth-order valence-electron chi connectivity index (χ4n) is 7.09. The van der Waals surface area contributed by atoms with Crippen LogP contribution in [0.5, 0.6) is 0 Å². The molecule has 0 unspecified atom stereocenters. The van der Waals surface area contributed by atoms with Crippen LogP contribution in [0.4, 0.5) is 16.2 Å². The van der Waals surface area contributed by atoms with E-state index in [1.165, 1.54) is 5.56 Å². The Balaban J connectivity index is 1.28. The van der Waals surface area contributed by atoms with Gasteiger partial charge in [-0.1, -0.05) is 117 Å². The predicted molar refractivity (Wildman–Crippen MR) is 204 cm³/mol. The highest BCUT2D eigenvalue weighted by molar-refractivity contribution is 5.98. The number of likely N-dealkylation sites (N-methyl/N-ethyl adjacent to an activating group) is 1. The van der Waals surface area contributed by atoms with Gasteiger partial charge in [0.15, 0.2) is 0 Å². The number of alkyl carbamates (subject to hydrolysis) is 1. The van der Waals surface area contributed by atoms with Gasteiger partial charge in [-0.3, -0.25) is 4.79 Å². The number of ether oxygens (including phenoxy) is 1. The van der Waals surface area contributed by atoms with E-state index in [-0.39, 0.29) is 5.91 Å². The molecule has 0 bridgehead atoms. The first kappa shape index (κ1) is 35.5. The Bertz CT molecular complexity index is 1820. The molecule has 1 aliphatic rings. The third kappa shape index (κ3) is 7.70. The molecule has 0 saturated heterocycles. The molecule has 6 rings (SSSR count). The highest BCUT2D eigenvalue weighted by Gasteiger charge is 2.38. The lowest BCUT2D eigenvalue weighted by atomic mass is 9.77. The standard InChI is InChI=1S/C43H49N5O3/c1-6-7-23-38(45-41(50)51-42(2,3)4)40(49)46(5)37-25-24-32-26-27-47(39(32)28-37)29-36-30-48(31-44-36)43(33-17-11-8-12-18-33,34-19-13-9-14-20-34)35-21-15-10-16-22-35/h8-22,24-25,28,30-31,38H,6-7,23,26-27,29H2,1-5H3,(H,45,50)/t38-/m0/s1. The van der Waals surface area contributed by atoms with Gasteiger partial charge in [0.25, 0.3) is 0 Å². The minimum Gasteiger partial charge on any atom is -0.444 e. The van der Waals surface area contributed by atoms with Gasteiger partial charge in [-0.25, -0.2) is 9.78 Å². The number of imidazole rings is 1. The summed E-state index contributed by atoms with van der Waals surface area (Å²) in [5, 5.41) is 2.83. The summed E-state index contributed by atoms with van der Waals surface area (Å²) >= 11 is 0. The molecule has 0 fully saturated rings. The summed E-state index contributed by atoms with van der Waals surface area (Å²) in [6.45, 7) is 8.98. The van der Waals surface area contributed by atoms with Crippen molar-refractivity contribution >= 4 is 23.4 Å². The third-order valence-electron chi connectivity index (χ3n) is 9.56. The van der Waals surface area contributed by atoms with Crippen molar-refractivity contribution in [1.82, 2.24) is 14.9 Å². The first-order valence-electron chi connectivity index (χ1n) is 17.9. The number of hydrogen-bond donors (Lipinski definition) is 1. The molecule has 0 aliphatic carbocycles. The van der Waals surface area contributed by atoms with Crippen LogP contribution in [0.1, 0.15) is 74.9 Å². The molecule has 4 aromatic carbocycles. The molecule has 1 aliphatic heterocycles. The van der Waals surface area contributed by atoms with E-state index in [0.29, 0.717) is 13.0 Å². The Kier molecular flexibility index (Phi) is 10.6. The van der Waals surface area contributed by atoms with E-state index >= 15 is 0 Å². The topological polar surface area (TPSA) is 79.7 Å². The number of nitrogens with zero attached hydrogens (tertiary/aromatic N) is 4. The summed E-state index contributed by atoms with van der Waals surface area (Å²) in [6, 6.07) is 37.3. The molecule has 1 aromatic heterocycles. The lowest BCUT2D eigenvalue weighted by molar-refractivity contribution is -0.120. The Morgan fingerprint density at radius 3 is 2.02 bits per heavy atom. The van der Waals surface area contributed by atoms with Gasteiger partial charge in [-0.05, 0) is 68.0 Å². The summed E-state index contributed by atoms with van der Waals surface area (Å²) < 4.78 is 7.72. The Morgan fingerprint density at radius 1 is 0.882 bits per heavy atom. The first-order chi connectivity index (χ1) is 24.6. The zero-order valence-electron chi connectivity index (χ0n) is 30.4. The van der Waals surface area contributed by atoms with Crippen molar-refractivity contribution in [1.29, 1.82) is 0 Å². The minimum absolute atomic E-state index is 0.170. The fraction of sp³-hybridized carbons (Fsp3) is 0.326. The second-order valence-electron chi connectivity index (χ2n) is 14.3. The zero-order valence-corrected chi connectivity index (χ0v) is 30.4. The lowest BCUT2D eigenvalue weighted by Gasteiger charge is -2.37. The van der Waals surface area contributed by atoms with Crippen LogP contribution in [0.3, 0.4) is 0 Å². The van der Waals surface area contributed by atoms with Gasteiger partial charge in [0.1, 0.15) is 17.2 Å². The zero-order chi connectivity index (χ0) is 36.0. The van der Waals surface area contributed by atoms with Crippen LogP contribution in [-0.4, -0.2) is 46.8 Å². The number of benzene rings is 4. The summed E-state index contributed by atoms with van der Waals surface area (Å²) in [5.41, 5.74) is 6.21. The number of nitrogens with one attached hydrogen (secondary N) is 1. The van der Waals surface area contributed by atoms with Gasteiger partial charge in [-0.15, -0.1) is 0 Å². The van der Waals surface area contributed by atoms with Gasteiger partial charge in [0.2, 0.25) is 5.91 Å². The van der Waals surface area contributed by atoms with E-state index in [0.717, 1.165) is 59.6 Å². The smallest absolute Gasteiger partial charge is 0.408 e. The molecule has 51 heavy (non-hydrogen) atoms. The number of fused-ring (bicyclic) bond motifs is 1. The second kappa shape index (κ2) is 15.3. The van der Waals surface area contributed by atoms with Gasteiger partial charge in [0.05, 0.1) is 18.6 Å². The van der Waals surface area contributed by atoms with Crippen LogP contribution < -0.4 is 15.1 Å². The molecular formula is C43H49N5O3. The van der Waals surface area contributed by atoms with Crippen molar-refractivity contribution in [3.63, 3.8) is 0 Å². The Hall–Kier alpha value is -5.37. The van der Waals surface area contributed by atoms with Crippen LogP contribution in [0.2, 0.25) is 0 Å². The van der Waals surface area contributed by atoms with E-state index in [2.05, 4.69) is 131 Å². The minimum atomic E-state index is -0.683. The summed E-state index contributed by atoms with van der Waals surface area (Å²) in [6.07, 6.45) is 6.72. The molecule has 2 heterocycles. The molecule has 8 nitrogen and oxygen atoms in total. The lowest BCUT2D eigenvalue weighted by Crippen LogP contribution is -2.48. The van der Waals surface area contributed by atoms with Crippen molar-refractivity contribution in [2.45, 2.75) is 77.1 Å². The van der Waals surface area contributed by atoms with Crippen LogP contribution in [0.15, 0.2) is 122 Å². The maximum atomic E-state index is 13.8. The first-order valence-corrected chi connectivity index (χ1v) is 17.9. The Morgan fingerprint density at radius 2 is 1.47 bits per heavy atom. The molecule has 2 amide bonds. The van der Waals surface area contributed by atoms with E-state index in [9.17, 15) is 9.59 Å². The molecule has 0 saturated carbocycles. The van der Waals surface area contributed by atoms with Gasteiger partial charge in [0, 0.05) is 31.2 Å². The number of amides is 2. The second-order valence-corrected chi connectivity index (χ2v) is 14.3. The summed E-state index contributed by atoms with van der Waals surface area (Å²) in [4.78, 5) is 35.4. The maximum absolute atomic E-state index is 13.8.